The average molecular weight is 180 g/mol. The van der Waals surface area contributed by atoms with Crippen LogP contribution in [0, 0.1) is 0 Å². The molecular weight excluding hydrogens is 168 g/mol. The molecule has 11 heavy (non-hydrogen) atoms. The zero-order chi connectivity index (χ0) is 8.91. The molecule has 0 unspecified atom stereocenters. The maximum Gasteiger partial charge on any atom is 0.266 e. The second kappa shape index (κ2) is 4.32. The summed E-state index contributed by atoms with van der Waals surface area (Å²) in [6.45, 7) is 3.92. The highest BCUT2D eigenvalue weighted by molar-refractivity contribution is 7.85. The normalized spacial score (nSPS) is 11.4. The Bertz CT molecular complexity index is 222. The minimum Gasteiger partial charge on any atom is -0.401 e. The Morgan fingerprint density at radius 3 is 2.55 bits per heavy atom. The SMILES string of the molecule is C=C(N)CNCCS(=O)(=O)O. The van der Waals surface area contributed by atoms with Crippen molar-refractivity contribution in [3.05, 3.63) is 12.3 Å². The smallest absolute Gasteiger partial charge is 0.266 e. The molecule has 0 spiro atoms. The molecule has 66 valence electrons. The highest BCUT2D eigenvalue weighted by atomic mass is 32.2. The highest BCUT2D eigenvalue weighted by Crippen LogP contribution is 1.79. The number of nitrogens with two attached hydrogens (primary N) is 1. The van der Waals surface area contributed by atoms with Gasteiger partial charge >= 0.3 is 0 Å². The summed E-state index contributed by atoms with van der Waals surface area (Å²) in [6, 6.07) is 0. The van der Waals surface area contributed by atoms with Gasteiger partial charge in [0.05, 0.1) is 5.75 Å². The lowest BCUT2D eigenvalue weighted by Crippen LogP contribution is -2.26. The lowest BCUT2D eigenvalue weighted by Gasteiger charge is -2.01. The molecule has 0 aliphatic carbocycles. The maximum atomic E-state index is 10.1. The van der Waals surface area contributed by atoms with Crippen LogP contribution in [0.4, 0.5) is 0 Å². The van der Waals surface area contributed by atoms with Gasteiger partial charge in [-0.05, 0) is 0 Å². The Hall–Kier alpha value is -0.590. The molecule has 0 amide bonds. The lowest BCUT2D eigenvalue weighted by atomic mass is 10.5. The molecule has 0 bridgehead atoms. The van der Waals surface area contributed by atoms with Gasteiger partial charge in [0.25, 0.3) is 10.1 Å². The Morgan fingerprint density at radius 2 is 2.18 bits per heavy atom. The van der Waals surface area contributed by atoms with E-state index in [1.54, 1.807) is 0 Å². The average Bonchev–Trinajstić information content (AvgIpc) is 1.78. The Labute approximate surface area is 66.0 Å². The van der Waals surface area contributed by atoms with Gasteiger partial charge in [-0.15, -0.1) is 0 Å². The van der Waals surface area contributed by atoms with Crippen LogP contribution in [0.15, 0.2) is 12.3 Å². The lowest BCUT2D eigenvalue weighted by molar-refractivity contribution is 0.481. The molecule has 0 radical (unpaired) electrons. The standard InChI is InChI=1S/C5H12N2O3S/c1-5(6)4-7-2-3-11(8,9)10/h7H,1-4,6H2,(H,8,9,10). The monoisotopic (exact) mass is 180 g/mol. The van der Waals surface area contributed by atoms with Gasteiger partial charge in [-0.2, -0.15) is 8.42 Å². The van der Waals surface area contributed by atoms with Gasteiger partial charge in [0.15, 0.2) is 0 Å². The zero-order valence-electron chi connectivity index (χ0n) is 6.08. The molecule has 5 nitrogen and oxygen atoms in total. The van der Waals surface area contributed by atoms with Crippen LogP contribution in [-0.4, -0.2) is 31.8 Å². The highest BCUT2D eigenvalue weighted by Gasteiger charge is 2.01. The van der Waals surface area contributed by atoms with Crippen molar-refractivity contribution >= 4 is 10.1 Å². The Kier molecular flexibility index (Phi) is 4.09. The number of hydrogen-bond acceptors (Lipinski definition) is 4. The fraction of sp³-hybridized carbons (Fsp3) is 0.600. The summed E-state index contributed by atoms with van der Waals surface area (Å²) >= 11 is 0. The first-order chi connectivity index (χ1) is 4.92. The summed E-state index contributed by atoms with van der Waals surface area (Å²) in [5.74, 6) is -0.305. The molecule has 0 aliphatic rings. The van der Waals surface area contributed by atoms with Crippen LogP contribution in [0.2, 0.25) is 0 Å². The molecule has 0 fully saturated rings. The van der Waals surface area contributed by atoms with Gasteiger partial charge in [-0.3, -0.25) is 4.55 Å². The van der Waals surface area contributed by atoms with E-state index in [1.807, 2.05) is 0 Å². The predicted molar refractivity (Wildman–Crippen MR) is 42.6 cm³/mol. The van der Waals surface area contributed by atoms with Gasteiger partial charge < -0.3 is 11.1 Å². The molecular formula is C5H12N2O3S. The zero-order valence-corrected chi connectivity index (χ0v) is 6.89. The van der Waals surface area contributed by atoms with Gasteiger partial charge in [0.1, 0.15) is 0 Å². The summed E-state index contributed by atoms with van der Waals surface area (Å²) < 4.78 is 28.5. The van der Waals surface area contributed by atoms with E-state index in [9.17, 15) is 8.42 Å². The molecule has 0 heterocycles. The van der Waals surface area contributed by atoms with Gasteiger partial charge in [0.2, 0.25) is 0 Å². The third-order valence-corrected chi connectivity index (χ3v) is 1.61. The van der Waals surface area contributed by atoms with Crippen LogP contribution in [0.5, 0.6) is 0 Å². The van der Waals surface area contributed by atoms with E-state index in [2.05, 4.69) is 11.9 Å². The van der Waals surface area contributed by atoms with Crippen molar-refractivity contribution in [3.63, 3.8) is 0 Å². The predicted octanol–water partition coefficient (Wildman–Crippen LogP) is -1.06. The van der Waals surface area contributed by atoms with Crippen LogP contribution in [-0.2, 0) is 10.1 Å². The molecule has 0 aromatic rings. The Morgan fingerprint density at radius 1 is 1.64 bits per heavy atom. The molecule has 0 aromatic carbocycles. The van der Waals surface area contributed by atoms with Crippen molar-refractivity contribution in [2.75, 3.05) is 18.8 Å². The molecule has 0 saturated heterocycles. The number of nitrogens with one attached hydrogen (secondary N) is 1. The fourth-order valence-corrected chi connectivity index (χ4v) is 0.852. The fourth-order valence-electron chi connectivity index (χ4n) is 0.450. The molecule has 0 aliphatic heterocycles. The largest absolute Gasteiger partial charge is 0.401 e. The van der Waals surface area contributed by atoms with E-state index in [0.717, 1.165) is 0 Å². The van der Waals surface area contributed by atoms with Crippen molar-refractivity contribution in [1.82, 2.24) is 5.32 Å². The van der Waals surface area contributed by atoms with Crippen molar-refractivity contribution in [1.29, 1.82) is 0 Å². The second-order valence-electron chi connectivity index (χ2n) is 2.12. The van der Waals surface area contributed by atoms with Crippen LogP contribution in [0.3, 0.4) is 0 Å². The summed E-state index contributed by atoms with van der Waals surface area (Å²) in [6.07, 6.45) is 0. The maximum absolute atomic E-state index is 10.1. The van der Waals surface area contributed by atoms with Crippen molar-refractivity contribution in [3.8, 4) is 0 Å². The van der Waals surface area contributed by atoms with E-state index < -0.39 is 10.1 Å². The molecule has 0 aromatic heterocycles. The van der Waals surface area contributed by atoms with Crippen LogP contribution in [0.25, 0.3) is 0 Å². The third-order valence-electron chi connectivity index (χ3n) is 0.889. The van der Waals surface area contributed by atoms with E-state index in [-0.39, 0.29) is 12.3 Å². The van der Waals surface area contributed by atoms with Crippen molar-refractivity contribution in [2.45, 2.75) is 0 Å². The topological polar surface area (TPSA) is 92.4 Å². The minimum absolute atomic E-state index is 0.176. The van der Waals surface area contributed by atoms with Crippen LogP contribution < -0.4 is 11.1 Å². The Balaban J connectivity index is 3.37. The van der Waals surface area contributed by atoms with Gasteiger partial charge in [0, 0.05) is 18.8 Å². The first-order valence-corrected chi connectivity index (χ1v) is 4.62. The quantitative estimate of drug-likeness (QED) is 0.370. The summed E-state index contributed by atoms with van der Waals surface area (Å²) in [7, 11) is -3.86. The van der Waals surface area contributed by atoms with E-state index in [4.69, 9.17) is 10.3 Å². The summed E-state index contributed by atoms with van der Waals surface area (Å²) in [4.78, 5) is 0. The first-order valence-electron chi connectivity index (χ1n) is 3.01. The summed E-state index contributed by atoms with van der Waals surface area (Å²) in [5.41, 5.74) is 5.60. The molecule has 0 atom stereocenters. The van der Waals surface area contributed by atoms with E-state index in [1.165, 1.54) is 0 Å². The minimum atomic E-state index is -3.86. The van der Waals surface area contributed by atoms with Crippen LogP contribution >= 0.6 is 0 Å². The first kappa shape index (κ1) is 10.4. The van der Waals surface area contributed by atoms with Gasteiger partial charge in [-0.1, -0.05) is 6.58 Å². The van der Waals surface area contributed by atoms with Crippen molar-refractivity contribution in [2.24, 2.45) is 5.73 Å². The van der Waals surface area contributed by atoms with E-state index >= 15 is 0 Å². The summed E-state index contributed by atoms with van der Waals surface area (Å²) in [5, 5.41) is 2.68. The number of rotatable bonds is 5. The van der Waals surface area contributed by atoms with Crippen LogP contribution in [0.1, 0.15) is 0 Å². The van der Waals surface area contributed by atoms with Gasteiger partial charge in [-0.25, -0.2) is 0 Å². The third kappa shape index (κ3) is 9.41. The van der Waals surface area contributed by atoms with E-state index in [0.29, 0.717) is 12.2 Å². The molecule has 0 saturated carbocycles. The van der Waals surface area contributed by atoms with Crippen molar-refractivity contribution < 1.29 is 13.0 Å². The number of hydrogen-bond donors (Lipinski definition) is 3. The molecule has 4 N–H and O–H groups in total. The second-order valence-corrected chi connectivity index (χ2v) is 3.69. The molecule has 6 heteroatoms. The molecule has 0 rings (SSSR count).